The summed E-state index contributed by atoms with van der Waals surface area (Å²) in [6.45, 7) is 1.51. The Balaban J connectivity index is 1.81. The van der Waals surface area contributed by atoms with E-state index in [-0.39, 0.29) is 23.7 Å². The molecule has 1 fully saturated rings. The SMILES string of the molecule is CCCC(N)C(=O)NC1[C@@H](CO)O[C@@H](n2cnc3c2N=CCC3=O)[C@H]1O. The molecule has 0 bridgehead atoms. The van der Waals surface area contributed by atoms with E-state index in [1.54, 1.807) is 0 Å². The number of imidazole rings is 1. The van der Waals surface area contributed by atoms with Crippen molar-refractivity contribution in [3.05, 3.63) is 12.0 Å². The first kappa shape index (κ1) is 18.6. The number of carbonyl (C=O) groups is 2. The van der Waals surface area contributed by atoms with Gasteiger partial charge in [0.15, 0.2) is 23.5 Å². The maximum Gasteiger partial charge on any atom is 0.237 e. The number of nitrogens with two attached hydrogens (primary N) is 1. The molecule has 10 heteroatoms. The highest BCUT2D eigenvalue weighted by atomic mass is 16.5. The Hall–Kier alpha value is -2.14. The van der Waals surface area contributed by atoms with E-state index >= 15 is 0 Å². The summed E-state index contributed by atoms with van der Waals surface area (Å²) in [4.78, 5) is 32.3. The number of Topliss-reactive ketones (excluding diaryl/α,β-unsaturated/α-hetero) is 1. The molecule has 10 nitrogen and oxygen atoms in total. The number of aliphatic hydroxyl groups is 2. The van der Waals surface area contributed by atoms with Gasteiger partial charge in [-0.1, -0.05) is 13.3 Å². The van der Waals surface area contributed by atoms with Gasteiger partial charge in [0.25, 0.3) is 0 Å². The second-order valence-electron chi connectivity index (χ2n) is 6.43. The number of aliphatic imine (C=N–C) groups is 1. The van der Waals surface area contributed by atoms with Crippen molar-refractivity contribution in [1.82, 2.24) is 14.9 Å². The van der Waals surface area contributed by atoms with Crippen LogP contribution in [0.4, 0.5) is 5.82 Å². The number of hydrogen-bond donors (Lipinski definition) is 4. The second kappa shape index (κ2) is 7.62. The van der Waals surface area contributed by atoms with E-state index in [1.807, 2.05) is 6.92 Å². The number of nitrogens with zero attached hydrogens (tertiary/aromatic N) is 3. The summed E-state index contributed by atoms with van der Waals surface area (Å²) in [6.07, 6.45) is 1.32. The molecular weight excluding hydrogens is 342 g/mol. The quantitative estimate of drug-likeness (QED) is 0.506. The molecule has 0 spiro atoms. The number of rotatable bonds is 6. The average molecular weight is 365 g/mol. The van der Waals surface area contributed by atoms with E-state index in [4.69, 9.17) is 10.5 Å². The van der Waals surface area contributed by atoms with Crippen LogP contribution in [-0.4, -0.2) is 68.6 Å². The molecule has 0 saturated carbocycles. The van der Waals surface area contributed by atoms with Crippen molar-refractivity contribution in [2.45, 2.75) is 56.7 Å². The summed E-state index contributed by atoms with van der Waals surface area (Å²) >= 11 is 0. The van der Waals surface area contributed by atoms with Crippen LogP contribution in [0, 0.1) is 0 Å². The molecule has 2 aliphatic rings. The standard InChI is InChI=1S/C16H23N5O5/c1-2-3-8(17)15(25)20-12-10(6-22)26-16(13(12)24)21-7-19-11-9(23)4-5-18-14(11)21/h5,7-8,10,12-13,16,22,24H,2-4,6,17H2,1H3,(H,20,25)/t8?,10-,12?,13+,16-/m1/s1. The maximum absolute atomic E-state index is 12.2. The number of nitrogens with one attached hydrogen (secondary N) is 1. The number of amides is 1. The Kier molecular flexibility index (Phi) is 5.47. The highest BCUT2D eigenvalue weighted by molar-refractivity contribution is 6.08. The van der Waals surface area contributed by atoms with Crippen molar-refractivity contribution >= 4 is 23.7 Å². The predicted molar refractivity (Wildman–Crippen MR) is 91.1 cm³/mol. The summed E-state index contributed by atoms with van der Waals surface area (Å²) in [5.74, 6) is -0.300. The molecule has 3 rings (SSSR count). The van der Waals surface area contributed by atoms with Crippen LogP contribution in [0.2, 0.25) is 0 Å². The van der Waals surface area contributed by atoms with Gasteiger partial charge in [-0.05, 0) is 6.42 Å². The summed E-state index contributed by atoms with van der Waals surface area (Å²) in [5, 5.41) is 22.9. The lowest BCUT2D eigenvalue weighted by atomic mass is 10.1. The van der Waals surface area contributed by atoms with Gasteiger partial charge in [0, 0.05) is 12.6 Å². The molecule has 142 valence electrons. The largest absolute Gasteiger partial charge is 0.394 e. The number of hydrogen-bond acceptors (Lipinski definition) is 8. The fraction of sp³-hybridized carbons (Fsp3) is 0.625. The van der Waals surface area contributed by atoms with Crippen molar-refractivity contribution in [2.75, 3.05) is 6.61 Å². The van der Waals surface area contributed by atoms with Gasteiger partial charge in [0.2, 0.25) is 5.91 Å². The third-order valence-electron chi connectivity index (χ3n) is 4.60. The van der Waals surface area contributed by atoms with Gasteiger partial charge in [-0.25, -0.2) is 9.98 Å². The molecule has 3 heterocycles. The summed E-state index contributed by atoms with van der Waals surface area (Å²) in [6, 6.07) is -1.55. The molecule has 0 aliphatic carbocycles. The van der Waals surface area contributed by atoms with E-state index in [1.165, 1.54) is 17.1 Å². The van der Waals surface area contributed by atoms with Gasteiger partial charge in [-0.2, -0.15) is 0 Å². The number of ether oxygens (including phenoxy) is 1. The molecular formula is C16H23N5O5. The number of ketones is 1. The van der Waals surface area contributed by atoms with Crippen LogP contribution in [0.5, 0.6) is 0 Å². The van der Waals surface area contributed by atoms with Crippen molar-refractivity contribution in [1.29, 1.82) is 0 Å². The monoisotopic (exact) mass is 365 g/mol. The average Bonchev–Trinajstić information content (AvgIpc) is 3.18. The number of carbonyl (C=O) groups excluding carboxylic acids is 2. The Morgan fingerprint density at radius 1 is 1.58 bits per heavy atom. The molecule has 1 aromatic heterocycles. The van der Waals surface area contributed by atoms with Gasteiger partial charge < -0.3 is 26.0 Å². The topological polar surface area (TPSA) is 152 Å². The van der Waals surface area contributed by atoms with Gasteiger partial charge in [0.1, 0.15) is 12.2 Å². The first-order valence-electron chi connectivity index (χ1n) is 8.60. The van der Waals surface area contributed by atoms with Crippen LogP contribution in [0.3, 0.4) is 0 Å². The highest BCUT2D eigenvalue weighted by Crippen LogP contribution is 2.35. The third kappa shape index (κ3) is 3.28. The number of aliphatic hydroxyl groups excluding tert-OH is 2. The number of fused-ring (bicyclic) bond motifs is 1. The Morgan fingerprint density at radius 3 is 3.04 bits per heavy atom. The van der Waals surface area contributed by atoms with Crippen LogP contribution in [-0.2, 0) is 9.53 Å². The van der Waals surface area contributed by atoms with Crippen molar-refractivity contribution in [2.24, 2.45) is 10.7 Å². The molecule has 1 saturated heterocycles. The Labute approximate surface area is 150 Å². The summed E-state index contributed by atoms with van der Waals surface area (Å²) < 4.78 is 7.14. The van der Waals surface area contributed by atoms with E-state index in [9.17, 15) is 19.8 Å². The molecule has 0 aromatic carbocycles. The molecule has 5 N–H and O–H groups in total. The van der Waals surface area contributed by atoms with Crippen LogP contribution in [0.25, 0.3) is 0 Å². The van der Waals surface area contributed by atoms with Crippen LogP contribution in [0.15, 0.2) is 11.3 Å². The van der Waals surface area contributed by atoms with Crippen molar-refractivity contribution in [3.63, 3.8) is 0 Å². The lowest BCUT2D eigenvalue weighted by Crippen LogP contribution is -2.53. The van der Waals surface area contributed by atoms with E-state index < -0.39 is 43.0 Å². The van der Waals surface area contributed by atoms with Gasteiger partial charge in [0.05, 0.1) is 25.0 Å². The molecule has 26 heavy (non-hydrogen) atoms. The van der Waals surface area contributed by atoms with E-state index in [0.717, 1.165) is 6.42 Å². The second-order valence-corrected chi connectivity index (χ2v) is 6.43. The normalized spacial score (nSPS) is 28.8. The predicted octanol–water partition coefficient (Wildman–Crippen LogP) is -0.965. The molecule has 5 atom stereocenters. The first-order valence-corrected chi connectivity index (χ1v) is 8.60. The summed E-state index contributed by atoms with van der Waals surface area (Å²) in [5.41, 5.74) is 6.01. The van der Waals surface area contributed by atoms with E-state index in [2.05, 4.69) is 15.3 Å². The molecule has 1 aromatic rings. The molecule has 2 aliphatic heterocycles. The number of aromatic nitrogens is 2. The zero-order valence-corrected chi connectivity index (χ0v) is 14.4. The van der Waals surface area contributed by atoms with Gasteiger partial charge in [-0.15, -0.1) is 0 Å². The van der Waals surface area contributed by atoms with Crippen molar-refractivity contribution < 1.29 is 24.5 Å². The minimum absolute atomic E-state index is 0.171. The van der Waals surface area contributed by atoms with Crippen LogP contribution >= 0.6 is 0 Å². The van der Waals surface area contributed by atoms with Crippen molar-refractivity contribution in [3.8, 4) is 0 Å². The Morgan fingerprint density at radius 2 is 2.35 bits per heavy atom. The minimum atomic E-state index is -1.17. The van der Waals surface area contributed by atoms with Crippen LogP contribution < -0.4 is 11.1 Å². The Bertz CT molecular complexity index is 718. The van der Waals surface area contributed by atoms with Gasteiger partial charge >= 0.3 is 0 Å². The minimum Gasteiger partial charge on any atom is -0.394 e. The lowest BCUT2D eigenvalue weighted by molar-refractivity contribution is -0.124. The lowest BCUT2D eigenvalue weighted by Gasteiger charge is -2.23. The summed E-state index contributed by atoms with van der Waals surface area (Å²) in [7, 11) is 0. The smallest absolute Gasteiger partial charge is 0.237 e. The van der Waals surface area contributed by atoms with Gasteiger partial charge in [-0.3, -0.25) is 14.2 Å². The fourth-order valence-corrected chi connectivity index (χ4v) is 3.20. The van der Waals surface area contributed by atoms with E-state index in [0.29, 0.717) is 6.42 Å². The fourth-order valence-electron chi connectivity index (χ4n) is 3.20. The zero-order valence-electron chi connectivity index (χ0n) is 14.4. The zero-order chi connectivity index (χ0) is 18.8. The first-order chi connectivity index (χ1) is 12.5. The highest BCUT2D eigenvalue weighted by Gasteiger charge is 2.46. The molecule has 1 amide bonds. The third-order valence-corrected chi connectivity index (χ3v) is 4.60. The maximum atomic E-state index is 12.2. The molecule has 2 unspecified atom stereocenters. The molecule has 0 radical (unpaired) electrons. The van der Waals surface area contributed by atoms with Crippen LogP contribution in [0.1, 0.15) is 42.9 Å².